The minimum Gasteiger partial charge on any atom is -0.411 e. The average molecular weight is 503 g/mol. The first-order valence-electron chi connectivity index (χ1n) is 10.1. The Kier molecular flexibility index (Phi) is 8.64. The van der Waals surface area contributed by atoms with Gasteiger partial charge in [0.25, 0.3) is 9.70 Å². The normalized spacial score (nSPS) is 24.5. The molecule has 0 saturated carbocycles. The van der Waals surface area contributed by atoms with Crippen molar-refractivity contribution in [3.05, 3.63) is 12.2 Å². The van der Waals surface area contributed by atoms with Crippen LogP contribution in [0.25, 0.3) is 0 Å². The minimum absolute atomic E-state index is 0.0133. The molecule has 29 heavy (non-hydrogen) atoms. The fourth-order valence-corrected chi connectivity index (χ4v) is 5.37. The minimum atomic E-state index is -2.14. The van der Waals surface area contributed by atoms with E-state index < -0.39 is 32.4 Å². The van der Waals surface area contributed by atoms with Crippen LogP contribution in [0.4, 0.5) is 0 Å². The molecule has 0 heterocycles. The van der Waals surface area contributed by atoms with E-state index in [1.54, 1.807) is 0 Å². The first kappa shape index (κ1) is 27.5. The highest BCUT2D eigenvalue weighted by molar-refractivity contribution is 6.76. The van der Waals surface area contributed by atoms with Gasteiger partial charge in [0, 0.05) is 0 Å². The number of hydrogen-bond donors (Lipinski definition) is 1. The fraction of sp³-hybridized carbons (Fsp3) is 0.850. The number of amides is 1. The summed E-state index contributed by atoms with van der Waals surface area (Å²) in [4.78, 5) is 12.4. The summed E-state index contributed by atoms with van der Waals surface area (Å²) in [5, 5.41) is 2.92. The number of carbonyl (C=O) groups excluding carboxylic acids is 1. The van der Waals surface area contributed by atoms with E-state index in [0.29, 0.717) is 0 Å². The summed E-state index contributed by atoms with van der Waals surface area (Å²) in [6, 6.07) is -0.421. The van der Waals surface area contributed by atoms with Crippen LogP contribution in [0.1, 0.15) is 48.0 Å². The molecule has 1 aliphatic carbocycles. The molecule has 1 rings (SSSR count). The molecule has 0 saturated heterocycles. The molecule has 3 atom stereocenters. The van der Waals surface area contributed by atoms with Gasteiger partial charge < -0.3 is 14.2 Å². The van der Waals surface area contributed by atoms with Gasteiger partial charge in [0.15, 0.2) is 16.6 Å². The van der Waals surface area contributed by atoms with Gasteiger partial charge in [0.1, 0.15) is 0 Å². The standard InChI is InChI=1S/C20H38Cl3NO3Si2/c1-18(2,3)28(7,8)26-15-13-11-12-14(24-17(25)20(21,22)23)16(15)27-29(9,10)19(4,5)6/h11-12,14-16H,13H2,1-10H3,(H,24,25)/t14-,15+,16-/m1/s1. The van der Waals surface area contributed by atoms with Gasteiger partial charge >= 0.3 is 0 Å². The Hall–Kier alpha value is 0.434. The molecule has 0 unspecified atom stereocenters. The second-order valence-corrected chi connectivity index (χ2v) is 22.7. The number of alkyl halides is 3. The number of carbonyl (C=O) groups is 1. The summed E-state index contributed by atoms with van der Waals surface area (Å²) in [5.41, 5.74) is 0. The zero-order valence-electron chi connectivity index (χ0n) is 19.5. The maximum absolute atomic E-state index is 12.4. The van der Waals surface area contributed by atoms with E-state index in [1.165, 1.54) is 0 Å². The molecule has 1 N–H and O–H groups in total. The van der Waals surface area contributed by atoms with Crippen molar-refractivity contribution in [1.82, 2.24) is 5.32 Å². The van der Waals surface area contributed by atoms with Crippen LogP contribution in [0.3, 0.4) is 0 Å². The summed E-state index contributed by atoms with van der Waals surface area (Å²) in [6.07, 6.45) is 4.16. The highest BCUT2D eigenvalue weighted by Gasteiger charge is 2.47. The Balaban J connectivity index is 3.26. The highest BCUT2D eigenvalue weighted by atomic mass is 35.6. The van der Waals surface area contributed by atoms with Crippen molar-refractivity contribution in [2.45, 2.75) is 106 Å². The van der Waals surface area contributed by atoms with Crippen LogP contribution in [0.15, 0.2) is 12.2 Å². The van der Waals surface area contributed by atoms with Gasteiger partial charge in [-0.3, -0.25) is 4.79 Å². The molecule has 4 nitrogen and oxygen atoms in total. The summed E-state index contributed by atoms with van der Waals surface area (Å²) in [5.74, 6) is -0.658. The van der Waals surface area contributed by atoms with Gasteiger partial charge in [-0.1, -0.05) is 88.5 Å². The molecule has 0 aromatic rings. The third-order valence-electron chi connectivity index (χ3n) is 6.48. The van der Waals surface area contributed by atoms with E-state index in [0.717, 1.165) is 6.42 Å². The fourth-order valence-electron chi connectivity index (χ4n) is 2.53. The third-order valence-corrected chi connectivity index (χ3v) is 16.0. The predicted octanol–water partition coefficient (Wildman–Crippen LogP) is 6.58. The lowest BCUT2D eigenvalue weighted by Gasteiger charge is -2.47. The van der Waals surface area contributed by atoms with E-state index in [-0.39, 0.29) is 22.3 Å². The number of rotatable bonds is 5. The summed E-state index contributed by atoms with van der Waals surface area (Å²) < 4.78 is 11.5. The van der Waals surface area contributed by atoms with Crippen molar-refractivity contribution < 1.29 is 13.6 Å². The van der Waals surface area contributed by atoms with Crippen LogP contribution in [0.2, 0.25) is 36.3 Å². The Labute approximate surface area is 194 Å². The Morgan fingerprint density at radius 1 is 0.931 bits per heavy atom. The molecule has 0 aromatic heterocycles. The maximum Gasteiger partial charge on any atom is 0.272 e. The Morgan fingerprint density at radius 2 is 1.38 bits per heavy atom. The van der Waals surface area contributed by atoms with E-state index in [1.807, 2.05) is 12.2 Å². The third kappa shape index (κ3) is 7.23. The smallest absolute Gasteiger partial charge is 0.272 e. The van der Waals surface area contributed by atoms with Gasteiger partial charge in [-0.15, -0.1) is 0 Å². The SMILES string of the molecule is CC(C)(C)[Si](C)(C)O[C@H]1[C@@H](O[Si](C)(C)C(C)(C)C)CC=C[C@H]1NC(=O)C(Cl)(Cl)Cl. The average Bonchev–Trinajstić information content (AvgIpc) is 2.46. The number of halogens is 3. The lowest BCUT2D eigenvalue weighted by Crippen LogP contribution is -2.60. The quantitative estimate of drug-likeness (QED) is 0.262. The van der Waals surface area contributed by atoms with Gasteiger partial charge in [-0.05, 0) is 42.7 Å². The summed E-state index contributed by atoms with van der Waals surface area (Å²) in [7, 11) is -4.19. The Bertz CT molecular complexity index is 620. The summed E-state index contributed by atoms with van der Waals surface area (Å²) >= 11 is 17.4. The zero-order valence-corrected chi connectivity index (χ0v) is 23.7. The van der Waals surface area contributed by atoms with Crippen LogP contribution in [-0.4, -0.2) is 44.6 Å². The second-order valence-electron chi connectivity index (χ2n) is 10.9. The van der Waals surface area contributed by atoms with Gasteiger partial charge in [-0.25, -0.2) is 0 Å². The molecular weight excluding hydrogens is 465 g/mol. The topological polar surface area (TPSA) is 47.6 Å². The zero-order chi connectivity index (χ0) is 23.1. The second kappa shape index (κ2) is 9.12. The van der Waals surface area contributed by atoms with Crippen molar-refractivity contribution in [1.29, 1.82) is 0 Å². The number of hydrogen-bond acceptors (Lipinski definition) is 3. The van der Waals surface area contributed by atoms with E-state index in [2.05, 4.69) is 73.0 Å². The first-order valence-corrected chi connectivity index (χ1v) is 17.0. The molecule has 0 bridgehead atoms. The highest BCUT2D eigenvalue weighted by Crippen LogP contribution is 2.42. The molecule has 0 fully saturated rings. The lowest BCUT2D eigenvalue weighted by molar-refractivity contribution is -0.121. The van der Waals surface area contributed by atoms with E-state index in [4.69, 9.17) is 43.7 Å². The largest absolute Gasteiger partial charge is 0.411 e. The van der Waals surface area contributed by atoms with Crippen molar-refractivity contribution >= 4 is 57.3 Å². The van der Waals surface area contributed by atoms with Crippen LogP contribution in [0.5, 0.6) is 0 Å². The van der Waals surface area contributed by atoms with Crippen LogP contribution >= 0.6 is 34.8 Å². The van der Waals surface area contributed by atoms with Crippen LogP contribution in [-0.2, 0) is 13.6 Å². The Morgan fingerprint density at radius 3 is 1.79 bits per heavy atom. The molecule has 9 heteroatoms. The van der Waals surface area contributed by atoms with E-state index >= 15 is 0 Å². The molecule has 170 valence electrons. The molecular formula is C20H38Cl3NO3Si2. The van der Waals surface area contributed by atoms with Gasteiger partial charge in [0.05, 0.1) is 18.2 Å². The monoisotopic (exact) mass is 501 g/mol. The lowest BCUT2D eigenvalue weighted by atomic mass is 9.96. The van der Waals surface area contributed by atoms with Crippen LogP contribution < -0.4 is 5.32 Å². The van der Waals surface area contributed by atoms with Gasteiger partial charge in [0.2, 0.25) is 0 Å². The molecule has 0 aliphatic heterocycles. The molecule has 1 amide bonds. The number of nitrogens with one attached hydrogen (secondary N) is 1. The van der Waals surface area contributed by atoms with Crippen molar-refractivity contribution in [2.24, 2.45) is 0 Å². The first-order chi connectivity index (χ1) is 12.7. The summed E-state index contributed by atoms with van der Waals surface area (Å²) in [6.45, 7) is 22.1. The van der Waals surface area contributed by atoms with E-state index in [9.17, 15) is 4.79 Å². The van der Waals surface area contributed by atoms with Crippen molar-refractivity contribution in [3.8, 4) is 0 Å². The maximum atomic E-state index is 12.4. The predicted molar refractivity (Wildman–Crippen MR) is 130 cm³/mol. The van der Waals surface area contributed by atoms with Crippen molar-refractivity contribution in [2.75, 3.05) is 0 Å². The molecule has 0 aromatic carbocycles. The van der Waals surface area contributed by atoms with Crippen LogP contribution in [0, 0.1) is 0 Å². The molecule has 0 spiro atoms. The molecule has 1 aliphatic rings. The molecule has 0 radical (unpaired) electrons. The van der Waals surface area contributed by atoms with Gasteiger partial charge in [-0.2, -0.15) is 0 Å². The van der Waals surface area contributed by atoms with Crippen molar-refractivity contribution in [3.63, 3.8) is 0 Å².